The Bertz CT molecular complexity index is 1240. The highest BCUT2D eigenvalue weighted by Gasteiger charge is 2.55. The van der Waals surface area contributed by atoms with Gasteiger partial charge in [-0.25, -0.2) is 4.79 Å². The molecule has 5 rings (SSSR count). The van der Waals surface area contributed by atoms with E-state index in [2.05, 4.69) is 10.6 Å². The van der Waals surface area contributed by atoms with Crippen molar-refractivity contribution in [2.75, 3.05) is 11.9 Å². The number of carbonyl (C=O) groups is 3. The Balaban J connectivity index is 1.23. The summed E-state index contributed by atoms with van der Waals surface area (Å²) in [6, 6.07) is 21.7. The average molecular weight is 441 g/mol. The summed E-state index contributed by atoms with van der Waals surface area (Å²) in [7, 11) is 0. The molecule has 2 aliphatic rings. The lowest BCUT2D eigenvalue weighted by molar-refractivity contribution is -0.134. The number of aryl methyl sites for hydroxylation is 2. The zero-order chi connectivity index (χ0) is 23.0. The van der Waals surface area contributed by atoms with Gasteiger partial charge >= 0.3 is 6.03 Å². The highest BCUT2D eigenvalue weighted by Crippen LogP contribution is 2.41. The molecule has 3 aromatic carbocycles. The molecule has 33 heavy (non-hydrogen) atoms. The molecule has 2 N–H and O–H groups in total. The van der Waals surface area contributed by atoms with Crippen LogP contribution in [0, 0.1) is 6.92 Å². The molecular formula is C26H23N3O4. The van der Waals surface area contributed by atoms with Crippen LogP contribution < -0.4 is 15.4 Å². The fraction of sp³-hybridized carbons (Fsp3) is 0.192. The molecule has 1 heterocycles. The minimum atomic E-state index is -1.07. The van der Waals surface area contributed by atoms with E-state index in [-0.39, 0.29) is 12.5 Å². The van der Waals surface area contributed by atoms with E-state index in [0.717, 1.165) is 27.3 Å². The summed E-state index contributed by atoms with van der Waals surface area (Å²) in [6.45, 7) is 1.66. The standard InChI is InChI=1S/C26H23N3O4/c1-17-6-10-20(11-7-17)33-21-12-8-19(9-13-21)27-23(30)16-29-24(31)26(28-25(29)32)15-14-18-4-2-3-5-22(18)26/h2-13H,14-16H2,1H3,(H,27,30)(H,28,32). The first-order valence-electron chi connectivity index (χ1n) is 10.8. The van der Waals surface area contributed by atoms with Crippen molar-refractivity contribution in [2.24, 2.45) is 0 Å². The van der Waals surface area contributed by atoms with Crippen LogP contribution in [0.3, 0.4) is 0 Å². The summed E-state index contributed by atoms with van der Waals surface area (Å²) in [5.74, 6) is 0.523. The molecule has 4 amide bonds. The zero-order valence-electron chi connectivity index (χ0n) is 18.1. The molecule has 7 nitrogen and oxygen atoms in total. The van der Waals surface area contributed by atoms with Gasteiger partial charge in [-0.3, -0.25) is 14.5 Å². The van der Waals surface area contributed by atoms with Crippen molar-refractivity contribution in [1.29, 1.82) is 0 Å². The third-order valence-corrected chi connectivity index (χ3v) is 6.12. The maximum atomic E-state index is 13.2. The summed E-state index contributed by atoms with van der Waals surface area (Å²) >= 11 is 0. The van der Waals surface area contributed by atoms with Crippen LogP contribution in [0.1, 0.15) is 23.1 Å². The van der Waals surface area contributed by atoms with E-state index in [1.165, 1.54) is 0 Å². The number of urea groups is 1. The van der Waals surface area contributed by atoms with Crippen molar-refractivity contribution in [2.45, 2.75) is 25.3 Å². The number of carbonyl (C=O) groups excluding carboxylic acids is 3. The fourth-order valence-corrected chi connectivity index (χ4v) is 4.43. The smallest absolute Gasteiger partial charge is 0.325 e. The largest absolute Gasteiger partial charge is 0.457 e. The van der Waals surface area contributed by atoms with E-state index in [1.807, 2.05) is 55.5 Å². The number of nitrogens with zero attached hydrogens (tertiary/aromatic N) is 1. The highest BCUT2D eigenvalue weighted by molar-refractivity contribution is 6.10. The van der Waals surface area contributed by atoms with Gasteiger partial charge in [-0.2, -0.15) is 0 Å². The fourth-order valence-electron chi connectivity index (χ4n) is 4.43. The molecule has 1 fully saturated rings. The van der Waals surface area contributed by atoms with Crippen LogP contribution >= 0.6 is 0 Å². The number of fused-ring (bicyclic) bond motifs is 2. The summed E-state index contributed by atoms with van der Waals surface area (Å²) in [6.07, 6.45) is 1.21. The molecule has 1 saturated heterocycles. The average Bonchev–Trinajstić information content (AvgIpc) is 3.30. The lowest BCUT2D eigenvalue weighted by atomic mass is 9.92. The third kappa shape index (κ3) is 3.82. The minimum Gasteiger partial charge on any atom is -0.457 e. The molecule has 166 valence electrons. The van der Waals surface area contributed by atoms with Crippen molar-refractivity contribution in [3.63, 3.8) is 0 Å². The first kappa shape index (κ1) is 20.8. The second kappa shape index (κ2) is 8.09. The number of benzene rings is 3. The first-order valence-corrected chi connectivity index (χ1v) is 10.8. The first-order chi connectivity index (χ1) is 15.9. The van der Waals surface area contributed by atoms with Gasteiger partial charge in [0.15, 0.2) is 0 Å². The van der Waals surface area contributed by atoms with Crippen LogP contribution in [0.15, 0.2) is 72.8 Å². The predicted molar refractivity (Wildman–Crippen MR) is 123 cm³/mol. The Kier molecular flexibility index (Phi) is 5.09. The second-order valence-corrected chi connectivity index (χ2v) is 8.37. The molecule has 0 saturated carbocycles. The van der Waals surface area contributed by atoms with Crippen molar-refractivity contribution >= 4 is 23.5 Å². The van der Waals surface area contributed by atoms with Crippen LogP contribution in [0.2, 0.25) is 0 Å². The zero-order valence-corrected chi connectivity index (χ0v) is 18.1. The quantitative estimate of drug-likeness (QED) is 0.583. The van der Waals surface area contributed by atoms with E-state index in [1.54, 1.807) is 24.3 Å². The van der Waals surface area contributed by atoms with E-state index in [9.17, 15) is 14.4 Å². The van der Waals surface area contributed by atoms with Gasteiger partial charge in [-0.15, -0.1) is 0 Å². The molecule has 0 radical (unpaired) electrons. The molecule has 1 unspecified atom stereocenters. The molecule has 0 aromatic heterocycles. The van der Waals surface area contributed by atoms with Crippen molar-refractivity contribution in [3.05, 3.63) is 89.5 Å². The number of rotatable bonds is 5. The lowest BCUT2D eigenvalue weighted by Gasteiger charge is -2.22. The third-order valence-electron chi connectivity index (χ3n) is 6.12. The normalized spacial score (nSPS) is 18.9. The number of amides is 4. The van der Waals surface area contributed by atoms with Gasteiger partial charge in [0.2, 0.25) is 5.91 Å². The minimum absolute atomic E-state index is 0.351. The monoisotopic (exact) mass is 441 g/mol. The number of hydrogen-bond acceptors (Lipinski definition) is 4. The van der Waals surface area contributed by atoms with E-state index in [4.69, 9.17) is 4.74 Å². The number of ether oxygens (including phenoxy) is 1. The molecule has 0 bridgehead atoms. The van der Waals surface area contributed by atoms with Crippen LogP contribution in [0.4, 0.5) is 10.5 Å². The molecule has 1 spiro atoms. The van der Waals surface area contributed by atoms with Gasteiger partial charge in [0.25, 0.3) is 5.91 Å². The van der Waals surface area contributed by atoms with Gasteiger partial charge < -0.3 is 15.4 Å². The van der Waals surface area contributed by atoms with E-state index >= 15 is 0 Å². The van der Waals surface area contributed by atoms with Crippen molar-refractivity contribution in [1.82, 2.24) is 10.2 Å². The van der Waals surface area contributed by atoms with Crippen LogP contribution in [-0.4, -0.2) is 29.3 Å². The van der Waals surface area contributed by atoms with Crippen molar-refractivity contribution < 1.29 is 19.1 Å². The van der Waals surface area contributed by atoms with Crippen molar-refractivity contribution in [3.8, 4) is 11.5 Å². The number of imide groups is 1. The Morgan fingerprint density at radius 1 is 1.00 bits per heavy atom. The molecule has 1 aliphatic heterocycles. The van der Waals surface area contributed by atoms with E-state index < -0.39 is 17.5 Å². The molecule has 3 aromatic rings. The SMILES string of the molecule is Cc1ccc(Oc2ccc(NC(=O)CN3C(=O)NC4(CCc5ccccc54)C3=O)cc2)cc1. The summed E-state index contributed by atoms with van der Waals surface area (Å²) in [5, 5.41) is 5.57. The Morgan fingerprint density at radius 2 is 1.67 bits per heavy atom. The Hall–Kier alpha value is -4.13. The van der Waals surface area contributed by atoms with Crippen LogP contribution in [-0.2, 0) is 21.5 Å². The number of anilines is 1. The second-order valence-electron chi connectivity index (χ2n) is 8.37. The lowest BCUT2D eigenvalue weighted by Crippen LogP contribution is -2.42. The van der Waals surface area contributed by atoms with Gasteiger partial charge in [0.05, 0.1) is 0 Å². The molecular weight excluding hydrogens is 418 g/mol. The maximum absolute atomic E-state index is 13.2. The maximum Gasteiger partial charge on any atom is 0.325 e. The molecule has 1 atom stereocenters. The molecule has 7 heteroatoms. The van der Waals surface area contributed by atoms with Crippen LogP contribution in [0.25, 0.3) is 0 Å². The van der Waals surface area contributed by atoms with Crippen LogP contribution in [0.5, 0.6) is 11.5 Å². The number of hydrogen-bond donors (Lipinski definition) is 2. The van der Waals surface area contributed by atoms with E-state index in [0.29, 0.717) is 24.3 Å². The van der Waals surface area contributed by atoms with Gasteiger partial charge in [0, 0.05) is 5.69 Å². The summed E-state index contributed by atoms with van der Waals surface area (Å²) < 4.78 is 5.79. The number of nitrogens with one attached hydrogen (secondary N) is 2. The van der Waals surface area contributed by atoms with Gasteiger partial charge in [-0.1, -0.05) is 42.0 Å². The van der Waals surface area contributed by atoms with Gasteiger partial charge in [-0.05, 0) is 67.3 Å². The Morgan fingerprint density at radius 3 is 2.39 bits per heavy atom. The highest BCUT2D eigenvalue weighted by atomic mass is 16.5. The summed E-state index contributed by atoms with van der Waals surface area (Å²) in [5.41, 5.74) is 2.49. The molecule has 1 aliphatic carbocycles. The summed E-state index contributed by atoms with van der Waals surface area (Å²) in [4.78, 5) is 39.3. The van der Waals surface area contributed by atoms with Gasteiger partial charge in [0.1, 0.15) is 23.6 Å². The predicted octanol–water partition coefficient (Wildman–Crippen LogP) is 4.12. The Labute approximate surface area is 191 Å². The topological polar surface area (TPSA) is 87.7 Å².